The van der Waals surface area contributed by atoms with Gasteiger partial charge in [-0.2, -0.15) is 18.2 Å². The Morgan fingerprint density at radius 3 is 2.59 bits per heavy atom. The Bertz CT molecular complexity index is 783. The SMILES string of the molecule is NC1=NC2(CCCCC2)N(c2cccc(C(=O)NCC(F)(F)F)c2)C(N)=N1. The van der Waals surface area contributed by atoms with Crippen LogP contribution in [-0.2, 0) is 0 Å². The van der Waals surface area contributed by atoms with Crippen LogP contribution in [0.5, 0.6) is 0 Å². The topological polar surface area (TPSA) is 109 Å². The first-order valence-corrected chi connectivity index (χ1v) is 8.65. The Hall–Kier alpha value is -2.78. The van der Waals surface area contributed by atoms with E-state index < -0.39 is 24.3 Å². The first-order chi connectivity index (χ1) is 12.7. The molecule has 1 aliphatic carbocycles. The molecule has 1 amide bonds. The van der Waals surface area contributed by atoms with E-state index in [1.165, 1.54) is 12.1 Å². The van der Waals surface area contributed by atoms with E-state index in [1.54, 1.807) is 17.0 Å². The van der Waals surface area contributed by atoms with Crippen LogP contribution in [0.3, 0.4) is 0 Å². The van der Waals surface area contributed by atoms with E-state index in [4.69, 9.17) is 11.5 Å². The number of hydrogen-bond acceptors (Lipinski definition) is 6. The van der Waals surface area contributed by atoms with Gasteiger partial charge in [0.2, 0.25) is 11.9 Å². The predicted octanol–water partition coefficient (Wildman–Crippen LogP) is 2.09. The highest BCUT2D eigenvalue weighted by molar-refractivity contribution is 6.06. The van der Waals surface area contributed by atoms with Crippen molar-refractivity contribution in [2.75, 3.05) is 11.4 Å². The zero-order valence-electron chi connectivity index (χ0n) is 14.6. The zero-order chi connectivity index (χ0) is 19.7. The fourth-order valence-electron chi connectivity index (χ4n) is 3.56. The fourth-order valence-corrected chi connectivity index (χ4v) is 3.56. The van der Waals surface area contributed by atoms with Crippen LogP contribution in [0, 0.1) is 0 Å². The molecule has 1 fully saturated rings. The van der Waals surface area contributed by atoms with E-state index in [1.807, 2.05) is 5.32 Å². The van der Waals surface area contributed by atoms with Crippen molar-refractivity contribution in [2.24, 2.45) is 21.5 Å². The maximum atomic E-state index is 12.3. The average molecular weight is 382 g/mol. The minimum absolute atomic E-state index is 0.0954. The fraction of sp³-hybridized carbons (Fsp3) is 0.471. The number of nitrogens with zero attached hydrogens (tertiary/aromatic N) is 3. The molecule has 1 heterocycles. The molecule has 7 nitrogen and oxygen atoms in total. The summed E-state index contributed by atoms with van der Waals surface area (Å²) in [5.41, 5.74) is 11.9. The average Bonchev–Trinajstić information content (AvgIpc) is 2.59. The number of carbonyl (C=O) groups excluding carboxylic acids is 1. The number of nitrogens with two attached hydrogens (primary N) is 2. The summed E-state index contributed by atoms with van der Waals surface area (Å²) in [6, 6.07) is 6.23. The second-order valence-corrected chi connectivity index (χ2v) is 6.67. The van der Waals surface area contributed by atoms with Crippen LogP contribution in [-0.4, -0.2) is 36.2 Å². The number of halogens is 3. The standard InChI is InChI=1S/C17H21F3N6O/c18-17(19,20)10-23-13(27)11-5-4-6-12(9-11)26-15(22)24-14(21)25-16(26)7-2-1-3-8-16/h4-6,9H,1-3,7-8,10H2,(H,23,27)(H4,21,22,24,25). The number of alkyl halides is 3. The highest BCUT2D eigenvalue weighted by atomic mass is 19.4. The zero-order valence-corrected chi connectivity index (χ0v) is 14.6. The Morgan fingerprint density at radius 1 is 1.22 bits per heavy atom. The number of anilines is 1. The number of hydrogen-bond donors (Lipinski definition) is 3. The van der Waals surface area contributed by atoms with E-state index in [0.29, 0.717) is 18.5 Å². The van der Waals surface area contributed by atoms with Gasteiger partial charge in [0.05, 0.1) is 0 Å². The second-order valence-electron chi connectivity index (χ2n) is 6.67. The van der Waals surface area contributed by atoms with Gasteiger partial charge in [0, 0.05) is 11.3 Å². The minimum Gasteiger partial charge on any atom is -0.369 e. The summed E-state index contributed by atoms with van der Waals surface area (Å²) in [5, 5.41) is 1.87. The molecule has 1 saturated carbocycles. The van der Waals surface area contributed by atoms with E-state index in [9.17, 15) is 18.0 Å². The first-order valence-electron chi connectivity index (χ1n) is 8.65. The van der Waals surface area contributed by atoms with Crippen molar-refractivity contribution in [3.63, 3.8) is 0 Å². The molecule has 0 atom stereocenters. The van der Waals surface area contributed by atoms with E-state index in [0.717, 1.165) is 19.3 Å². The molecular weight excluding hydrogens is 361 g/mol. The van der Waals surface area contributed by atoms with Gasteiger partial charge in [-0.15, -0.1) is 0 Å². The van der Waals surface area contributed by atoms with E-state index in [2.05, 4.69) is 9.98 Å². The van der Waals surface area contributed by atoms with Gasteiger partial charge in [-0.1, -0.05) is 12.5 Å². The Balaban J connectivity index is 1.90. The number of carbonyl (C=O) groups is 1. The molecule has 1 spiro atoms. The van der Waals surface area contributed by atoms with Crippen LogP contribution in [0.2, 0.25) is 0 Å². The van der Waals surface area contributed by atoms with Crippen LogP contribution in [0.1, 0.15) is 42.5 Å². The number of guanidine groups is 2. The summed E-state index contributed by atoms with van der Waals surface area (Å²) < 4.78 is 37.0. The summed E-state index contributed by atoms with van der Waals surface area (Å²) in [6.45, 7) is -1.39. The Labute approximate surface area is 154 Å². The van der Waals surface area contributed by atoms with Crippen molar-refractivity contribution < 1.29 is 18.0 Å². The molecule has 0 saturated heterocycles. The van der Waals surface area contributed by atoms with Gasteiger partial charge < -0.3 is 16.8 Å². The third-order valence-electron chi connectivity index (χ3n) is 4.67. The van der Waals surface area contributed by atoms with Gasteiger partial charge in [0.1, 0.15) is 12.2 Å². The monoisotopic (exact) mass is 382 g/mol. The molecule has 0 radical (unpaired) electrons. The molecule has 0 bridgehead atoms. The lowest BCUT2D eigenvalue weighted by Crippen LogP contribution is -2.58. The van der Waals surface area contributed by atoms with Crippen LogP contribution in [0.15, 0.2) is 34.3 Å². The number of rotatable bonds is 3. The number of aliphatic imine (C=N–C) groups is 2. The molecule has 3 rings (SSSR count). The second kappa shape index (κ2) is 7.09. The lowest BCUT2D eigenvalue weighted by molar-refractivity contribution is -0.123. The molecule has 1 aromatic rings. The Kier molecular flexibility index (Phi) is 4.99. The lowest BCUT2D eigenvalue weighted by atomic mass is 9.87. The smallest absolute Gasteiger partial charge is 0.369 e. The van der Waals surface area contributed by atoms with Crippen LogP contribution in [0.25, 0.3) is 0 Å². The van der Waals surface area contributed by atoms with Crippen LogP contribution >= 0.6 is 0 Å². The van der Waals surface area contributed by atoms with Crippen molar-refractivity contribution in [3.05, 3.63) is 29.8 Å². The van der Waals surface area contributed by atoms with Crippen molar-refractivity contribution in [1.82, 2.24) is 5.32 Å². The molecule has 5 N–H and O–H groups in total. The third-order valence-corrected chi connectivity index (χ3v) is 4.67. The number of amides is 1. The van der Waals surface area contributed by atoms with Crippen LogP contribution in [0.4, 0.5) is 18.9 Å². The maximum absolute atomic E-state index is 12.3. The van der Waals surface area contributed by atoms with Gasteiger partial charge in [-0.25, -0.2) is 4.99 Å². The van der Waals surface area contributed by atoms with Gasteiger partial charge in [0.25, 0.3) is 5.91 Å². The van der Waals surface area contributed by atoms with Crippen LogP contribution < -0.4 is 21.7 Å². The first kappa shape index (κ1) is 19.0. The normalized spacial score (nSPS) is 19.4. The van der Waals surface area contributed by atoms with Crippen molar-refractivity contribution in [2.45, 2.75) is 43.9 Å². The molecule has 10 heteroatoms. The largest absolute Gasteiger partial charge is 0.405 e. The molecule has 1 aromatic carbocycles. The summed E-state index contributed by atoms with van der Waals surface area (Å²) in [5.74, 6) is -0.565. The summed E-state index contributed by atoms with van der Waals surface area (Å²) in [4.78, 5) is 22.4. The van der Waals surface area contributed by atoms with Gasteiger partial charge in [0.15, 0.2) is 0 Å². The molecule has 0 aromatic heterocycles. The summed E-state index contributed by atoms with van der Waals surface area (Å²) in [6.07, 6.45) is -0.0982. The van der Waals surface area contributed by atoms with Crippen molar-refractivity contribution in [3.8, 4) is 0 Å². The lowest BCUT2D eigenvalue weighted by Gasteiger charge is -2.45. The predicted molar refractivity (Wildman–Crippen MR) is 96.4 cm³/mol. The van der Waals surface area contributed by atoms with E-state index in [-0.39, 0.29) is 17.5 Å². The molecule has 2 aliphatic rings. The third kappa shape index (κ3) is 4.15. The minimum atomic E-state index is -4.48. The number of nitrogens with one attached hydrogen (secondary N) is 1. The van der Waals surface area contributed by atoms with Gasteiger partial charge in [-0.3, -0.25) is 9.69 Å². The van der Waals surface area contributed by atoms with Crippen molar-refractivity contribution in [1.29, 1.82) is 0 Å². The molecule has 1 aliphatic heterocycles. The Morgan fingerprint density at radius 2 is 1.93 bits per heavy atom. The van der Waals surface area contributed by atoms with E-state index >= 15 is 0 Å². The number of benzene rings is 1. The molecular formula is C17H21F3N6O. The van der Waals surface area contributed by atoms with Gasteiger partial charge >= 0.3 is 6.18 Å². The highest BCUT2D eigenvalue weighted by Crippen LogP contribution is 2.39. The highest BCUT2D eigenvalue weighted by Gasteiger charge is 2.42. The summed E-state index contributed by atoms with van der Waals surface area (Å²) >= 11 is 0. The summed E-state index contributed by atoms with van der Waals surface area (Å²) in [7, 11) is 0. The molecule has 27 heavy (non-hydrogen) atoms. The maximum Gasteiger partial charge on any atom is 0.405 e. The van der Waals surface area contributed by atoms with Gasteiger partial charge in [-0.05, 0) is 43.9 Å². The molecule has 0 unspecified atom stereocenters. The van der Waals surface area contributed by atoms with Crippen molar-refractivity contribution >= 4 is 23.5 Å². The molecule has 146 valence electrons. The quantitative estimate of drug-likeness (QED) is 0.744.